The number of carbonyl (C=O) groups excluding carboxylic acids is 1. The summed E-state index contributed by atoms with van der Waals surface area (Å²) < 4.78 is 1.03. The molecule has 0 fully saturated rings. The number of carbonyl (C=O) groups is 1. The highest BCUT2D eigenvalue weighted by atomic mass is 32.1. The number of amides is 1. The van der Waals surface area contributed by atoms with Gasteiger partial charge in [-0.3, -0.25) is 19.8 Å². The minimum Gasteiger partial charge on any atom is -0.280 e. The van der Waals surface area contributed by atoms with Crippen molar-refractivity contribution < 1.29 is 9.72 Å². The van der Waals surface area contributed by atoms with E-state index in [9.17, 15) is 14.9 Å². The maximum atomic E-state index is 13.2. The maximum Gasteiger partial charge on any atom is 0.270 e. The molecule has 3 aromatic carbocycles. The predicted octanol–water partition coefficient (Wildman–Crippen LogP) is 6.07. The second-order valence-corrected chi connectivity index (χ2v) is 8.53. The first-order chi connectivity index (χ1) is 15.4. The molecule has 4 aromatic rings. The summed E-state index contributed by atoms with van der Waals surface area (Å²) in [6.07, 6.45) is 3.03. The average molecular weight is 444 g/mol. The summed E-state index contributed by atoms with van der Waals surface area (Å²) in [5.41, 5.74) is 4.67. The lowest BCUT2D eigenvalue weighted by atomic mass is 10.1. The van der Waals surface area contributed by atoms with Gasteiger partial charge in [0.1, 0.15) is 0 Å². The van der Waals surface area contributed by atoms with E-state index in [4.69, 9.17) is 4.98 Å². The molecule has 0 radical (unpaired) electrons. The standard InChI is InChI=1S/C25H21N3O3S/c1-17-13-18(2)24-22(14-17)32-25(26-24)27(16-20-7-4-3-5-8-20)23(29)12-11-19-9-6-10-21(15-19)28(30)31/h3-15H,16H2,1-2H3/b12-11+. The van der Waals surface area contributed by atoms with Crippen molar-refractivity contribution in [2.45, 2.75) is 20.4 Å². The molecule has 0 aliphatic heterocycles. The molecular formula is C25H21N3O3S. The second kappa shape index (κ2) is 9.11. The van der Waals surface area contributed by atoms with Crippen molar-refractivity contribution in [3.8, 4) is 0 Å². The smallest absolute Gasteiger partial charge is 0.270 e. The summed E-state index contributed by atoms with van der Waals surface area (Å²) in [5.74, 6) is -0.242. The number of hydrogen-bond acceptors (Lipinski definition) is 5. The van der Waals surface area contributed by atoms with Gasteiger partial charge in [0.15, 0.2) is 5.13 Å². The molecule has 0 aliphatic rings. The fourth-order valence-corrected chi connectivity index (χ4v) is 4.63. The number of anilines is 1. The predicted molar refractivity (Wildman–Crippen MR) is 129 cm³/mol. The normalized spacial score (nSPS) is 11.2. The van der Waals surface area contributed by atoms with Crippen LogP contribution in [0.4, 0.5) is 10.8 Å². The number of rotatable bonds is 6. The quantitative estimate of drug-likeness (QED) is 0.206. The molecule has 0 N–H and O–H groups in total. The van der Waals surface area contributed by atoms with Crippen LogP contribution in [0.1, 0.15) is 22.3 Å². The van der Waals surface area contributed by atoms with Gasteiger partial charge in [-0.1, -0.05) is 59.9 Å². The molecule has 1 aromatic heterocycles. The number of nitro benzene ring substituents is 1. The zero-order chi connectivity index (χ0) is 22.7. The van der Waals surface area contributed by atoms with Crippen LogP contribution < -0.4 is 4.90 Å². The third kappa shape index (κ3) is 4.73. The summed E-state index contributed by atoms with van der Waals surface area (Å²) in [4.78, 5) is 30.2. The van der Waals surface area contributed by atoms with Crippen LogP contribution >= 0.6 is 11.3 Å². The van der Waals surface area contributed by atoms with E-state index in [1.807, 2.05) is 44.2 Å². The summed E-state index contributed by atoms with van der Waals surface area (Å²) in [5, 5.41) is 11.6. The molecule has 4 rings (SSSR count). The van der Waals surface area contributed by atoms with Gasteiger partial charge in [-0.2, -0.15) is 0 Å². The van der Waals surface area contributed by atoms with Crippen LogP contribution in [-0.2, 0) is 11.3 Å². The highest BCUT2D eigenvalue weighted by Crippen LogP contribution is 2.32. The number of aryl methyl sites for hydroxylation is 2. The van der Waals surface area contributed by atoms with E-state index in [-0.39, 0.29) is 11.6 Å². The van der Waals surface area contributed by atoms with Crippen molar-refractivity contribution >= 4 is 44.4 Å². The number of nitro groups is 1. The lowest BCUT2D eigenvalue weighted by Crippen LogP contribution is -2.28. The Kier molecular flexibility index (Phi) is 6.09. The molecule has 0 unspecified atom stereocenters. The zero-order valence-corrected chi connectivity index (χ0v) is 18.5. The first-order valence-electron chi connectivity index (χ1n) is 10.1. The summed E-state index contributed by atoms with van der Waals surface area (Å²) in [6, 6.07) is 20.1. The van der Waals surface area contributed by atoms with Crippen molar-refractivity contribution in [1.29, 1.82) is 0 Å². The van der Waals surface area contributed by atoms with Crippen molar-refractivity contribution in [2.75, 3.05) is 4.90 Å². The minimum absolute atomic E-state index is 0.0160. The summed E-state index contributed by atoms with van der Waals surface area (Å²) in [6.45, 7) is 4.43. The Hall–Kier alpha value is -3.84. The number of aromatic nitrogens is 1. The number of benzene rings is 3. The van der Waals surface area contributed by atoms with Gasteiger partial charge in [0.25, 0.3) is 11.6 Å². The van der Waals surface area contributed by atoms with E-state index in [0.717, 1.165) is 26.9 Å². The Morgan fingerprint density at radius 2 is 1.88 bits per heavy atom. The topological polar surface area (TPSA) is 76.3 Å². The van der Waals surface area contributed by atoms with E-state index >= 15 is 0 Å². The molecule has 0 aliphatic carbocycles. The zero-order valence-electron chi connectivity index (χ0n) is 17.7. The van der Waals surface area contributed by atoms with Crippen molar-refractivity contribution in [3.05, 3.63) is 105 Å². The van der Waals surface area contributed by atoms with Crippen molar-refractivity contribution in [3.63, 3.8) is 0 Å². The Bertz CT molecular complexity index is 1330. The van der Waals surface area contributed by atoms with E-state index in [0.29, 0.717) is 17.2 Å². The largest absolute Gasteiger partial charge is 0.280 e. The first kappa shape index (κ1) is 21.4. The van der Waals surface area contributed by atoms with Gasteiger partial charge in [-0.05, 0) is 48.2 Å². The molecule has 1 heterocycles. The van der Waals surface area contributed by atoms with Crippen molar-refractivity contribution in [2.24, 2.45) is 0 Å². The first-order valence-corrected chi connectivity index (χ1v) is 10.9. The van der Waals surface area contributed by atoms with E-state index < -0.39 is 4.92 Å². The third-order valence-corrected chi connectivity index (χ3v) is 6.02. The van der Waals surface area contributed by atoms with E-state index in [1.165, 1.54) is 29.5 Å². The molecule has 1 amide bonds. The SMILES string of the molecule is Cc1cc(C)c2nc(N(Cc3ccccc3)C(=O)/C=C/c3cccc([N+](=O)[O-])c3)sc2c1. The van der Waals surface area contributed by atoms with Gasteiger partial charge in [-0.15, -0.1) is 0 Å². The van der Waals surface area contributed by atoms with Gasteiger partial charge in [0.2, 0.25) is 0 Å². The lowest BCUT2D eigenvalue weighted by molar-refractivity contribution is -0.384. The van der Waals surface area contributed by atoms with Crippen molar-refractivity contribution in [1.82, 2.24) is 4.98 Å². The van der Waals surface area contributed by atoms with Crippen LogP contribution in [0.2, 0.25) is 0 Å². The molecule has 7 heteroatoms. The minimum atomic E-state index is -0.452. The number of hydrogen-bond donors (Lipinski definition) is 0. The lowest BCUT2D eigenvalue weighted by Gasteiger charge is -2.18. The third-order valence-electron chi connectivity index (χ3n) is 5.00. The summed E-state index contributed by atoms with van der Waals surface area (Å²) in [7, 11) is 0. The van der Waals surface area contributed by atoms with Gasteiger partial charge >= 0.3 is 0 Å². The number of nitrogens with zero attached hydrogens (tertiary/aromatic N) is 3. The van der Waals surface area contributed by atoms with Gasteiger partial charge < -0.3 is 0 Å². The van der Waals surface area contributed by atoms with Gasteiger partial charge in [0.05, 0.1) is 21.7 Å². The van der Waals surface area contributed by atoms with Gasteiger partial charge in [0, 0.05) is 18.2 Å². The van der Waals surface area contributed by atoms with Crippen LogP contribution in [-0.4, -0.2) is 15.8 Å². The van der Waals surface area contributed by atoms with Crippen LogP contribution in [0.15, 0.2) is 72.8 Å². The molecule has 6 nitrogen and oxygen atoms in total. The van der Waals surface area contributed by atoms with E-state index in [2.05, 4.69) is 12.1 Å². The Labute approximate surface area is 189 Å². The molecule has 160 valence electrons. The summed E-state index contributed by atoms with van der Waals surface area (Å²) >= 11 is 1.48. The highest BCUT2D eigenvalue weighted by molar-refractivity contribution is 7.22. The second-order valence-electron chi connectivity index (χ2n) is 7.52. The molecule has 0 spiro atoms. The number of fused-ring (bicyclic) bond motifs is 1. The molecule has 0 saturated heterocycles. The number of thiazole rings is 1. The molecule has 0 atom stereocenters. The Morgan fingerprint density at radius 3 is 2.62 bits per heavy atom. The van der Waals surface area contributed by atoms with Gasteiger partial charge in [-0.25, -0.2) is 4.98 Å². The molecule has 32 heavy (non-hydrogen) atoms. The molecule has 0 bridgehead atoms. The number of non-ortho nitro benzene ring substituents is 1. The van der Waals surface area contributed by atoms with E-state index in [1.54, 1.807) is 23.1 Å². The Balaban J connectivity index is 1.69. The fraction of sp³-hybridized carbons (Fsp3) is 0.120. The average Bonchev–Trinajstić information content (AvgIpc) is 3.21. The maximum absolute atomic E-state index is 13.2. The van der Waals surface area contributed by atoms with Crippen LogP contribution in [0.25, 0.3) is 16.3 Å². The van der Waals surface area contributed by atoms with Crippen LogP contribution in [0.3, 0.4) is 0 Å². The Morgan fingerprint density at radius 1 is 1.09 bits per heavy atom. The molecule has 0 saturated carbocycles. The van der Waals surface area contributed by atoms with Crippen LogP contribution in [0, 0.1) is 24.0 Å². The highest BCUT2D eigenvalue weighted by Gasteiger charge is 2.19. The van der Waals surface area contributed by atoms with Crippen LogP contribution in [0.5, 0.6) is 0 Å². The monoisotopic (exact) mass is 443 g/mol. The fourth-order valence-electron chi connectivity index (χ4n) is 3.48. The molecular weight excluding hydrogens is 422 g/mol.